The summed E-state index contributed by atoms with van der Waals surface area (Å²) in [6, 6.07) is 11.6. The van der Waals surface area contributed by atoms with Crippen LogP contribution in [0.15, 0.2) is 42.5 Å². The Balaban J connectivity index is 1.75. The van der Waals surface area contributed by atoms with E-state index in [4.69, 9.17) is 9.47 Å². The highest BCUT2D eigenvalue weighted by molar-refractivity contribution is 5.81. The minimum absolute atomic E-state index is 0.0458. The number of amides is 1. The van der Waals surface area contributed by atoms with E-state index in [1.807, 2.05) is 32.0 Å². The average molecular weight is 400 g/mol. The molecule has 1 aliphatic heterocycles. The first kappa shape index (κ1) is 21.1. The van der Waals surface area contributed by atoms with E-state index in [1.165, 1.54) is 12.1 Å². The van der Waals surface area contributed by atoms with Gasteiger partial charge in [-0.1, -0.05) is 12.1 Å². The Morgan fingerprint density at radius 3 is 2.52 bits per heavy atom. The van der Waals surface area contributed by atoms with Gasteiger partial charge in [-0.3, -0.25) is 9.69 Å². The van der Waals surface area contributed by atoms with E-state index in [0.717, 1.165) is 42.0 Å². The van der Waals surface area contributed by atoms with Crippen LogP contribution in [-0.2, 0) is 4.79 Å². The van der Waals surface area contributed by atoms with Gasteiger partial charge < -0.3 is 14.8 Å². The molecular formula is C23H29FN2O3. The number of nitrogens with one attached hydrogen (secondary N) is 1. The van der Waals surface area contributed by atoms with Crippen molar-refractivity contribution >= 4 is 5.91 Å². The first-order valence-corrected chi connectivity index (χ1v) is 9.98. The van der Waals surface area contributed by atoms with Gasteiger partial charge in [0.2, 0.25) is 5.91 Å². The lowest BCUT2D eigenvalue weighted by atomic mass is 10.0. The largest absolute Gasteiger partial charge is 0.497 e. The van der Waals surface area contributed by atoms with Crippen LogP contribution in [0, 0.1) is 5.82 Å². The van der Waals surface area contributed by atoms with Gasteiger partial charge in [0.15, 0.2) is 0 Å². The summed E-state index contributed by atoms with van der Waals surface area (Å²) in [4.78, 5) is 15.2. The van der Waals surface area contributed by atoms with E-state index in [9.17, 15) is 9.18 Å². The van der Waals surface area contributed by atoms with Crippen LogP contribution in [0.5, 0.6) is 11.5 Å². The fourth-order valence-electron chi connectivity index (χ4n) is 4.01. The fourth-order valence-corrected chi connectivity index (χ4v) is 4.01. The monoisotopic (exact) mass is 400 g/mol. The molecule has 3 rings (SSSR count). The first-order chi connectivity index (χ1) is 13.9. The summed E-state index contributed by atoms with van der Waals surface area (Å²) in [6.45, 7) is 4.67. The third-order valence-electron chi connectivity index (χ3n) is 5.70. The second-order valence-corrected chi connectivity index (χ2v) is 7.46. The molecule has 156 valence electrons. The van der Waals surface area contributed by atoms with E-state index in [1.54, 1.807) is 26.4 Å². The van der Waals surface area contributed by atoms with Crippen molar-refractivity contribution in [2.24, 2.45) is 0 Å². The van der Waals surface area contributed by atoms with Crippen LogP contribution in [0.2, 0.25) is 0 Å². The predicted octanol–water partition coefficient (Wildman–Crippen LogP) is 4.25. The van der Waals surface area contributed by atoms with Gasteiger partial charge in [-0.2, -0.15) is 0 Å². The standard InChI is InChI=1S/C23H29FN2O3/c1-15(17-7-9-18(24)10-8-17)25-23(27)16(2)26-13-5-6-21(26)20-14-19(28-3)11-12-22(20)29-4/h7-12,14-16,21H,5-6,13H2,1-4H3,(H,25,27)/t15-,16-,21+/m1/s1. The second kappa shape index (κ2) is 9.27. The van der Waals surface area contributed by atoms with Gasteiger partial charge in [-0.05, 0) is 69.1 Å². The normalized spacial score (nSPS) is 18.9. The van der Waals surface area contributed by atoms with Crippen LogP contribution < -0.4 is 14.8 Å². The molecule has 1 amide bonds. The molecule has 0 bridgehead atoms. The van der Waals surface area contributed by atoms with Gasteiger partial charge in [0.1, 0.15) is 17.3 Å². The van der Waals surface area contributed by atoms with Crippen molar-refractivity contribution < 1.29 is 18.7 Å². The maximum absolute atomic E-state index is 13.2. The number of hydrogen-bond donors (Lipinski definition) is 1. The van der Waals surface area contributed by atoms with E-state index in [2.05, 4.69) is 10.2 Å². The summed E-state index contributed by atoms with van der Waals surface area (Å²) in [7, 11) is 3.30. The third kappa shape index (κ3) is 4.70. The summed E-state index contributed by atoms with van der Waals surface area (Å²) in [5, 5.41) is 3.06. The summed E-state index contributed by atoms with van der Waals surface area (Å²) in [6.07, 6.45) is 1.96. The number of carbonyl (C=O) groups is 1. The van der Waals surface area contributed by atoms with Crippen molar-refractivity contribution in [2.45, 2.75) is 44.8 Å². The number of nitrogens with zero attached hydrogens (tertiary/aromatic N) is 1. The van der Waals surface area contributed by atoms with Crippen molar-refractivity contribution in [3.8, 4) is 11.5 Å². The number of carbonyl (C=O) groups excluding carboxylic acids is 1. The molecule has 5 nitrogen and oxygen atoms in total. The molecule has 6 heteroatoms. The summed E-state index contributed by atoms with van der Waals surface area (Å²) < 4.78 is 24.1. The molecule has 0 unspecified atom stereocenters. The number of methoxy groups -OCH3 is 2. The molecule has 3 atom stereocenters. The Kier molecular flexibility index (Phi) is 6.75. The van der Waals surface area contributed by atoms with Gasteiger partial charge in [0.25, 0.3) is 0 Å². The molecule has 1 fully saturated rings. The molecule has 1 saturated heterocycles. The highest BCUT2D eigenvalue weighted by Crippen LogP contribution is 2.40. The highest BCUT2D eigenvalue weighted by Gasteiger charge is 2.35. The van der Waals surface area contributed by atoms with Crippen LogP contribution in [-0.4, -0.2) is 37.6 Å². The van der Waals surface area contributed by atoms with E-state index < -0.39 is 0 Å². The molecule has 0 radical (unpaired) electrons. The Hall–Kier alpha value is -2.60. The van der Waals surface area contributed by atoms with Crippen LogP contribution in [0.4, 0.5) is 4.39 Å². The van der Waals surface area contributed by atoms with Crippen molar-refractivity contribution in [1.29, 1.82) is 0 Å². The molecule has 2 aromatic carbocycles. The Labute approximate surface area is 171 Å². The van der Waals surface area contributed by atoms with E-state index in [-0.39, 0.29) is 29.8 Å². The summed E-state index contributed by atoms with van der Waals surface area (Å²) in [5.74, 6) is 1.24. The molecule has 29 heavy (non-hydrogen) atoms. The second-order valence-electron chi connectivity index (χ2n) is 7.46. The molecule has 1 N–H and O–H groups in total. The molecule has 1 aliphatic rings. The molecular weight excluding hydrogens is 371 g/mol. The van der Waals surface area contributed by atoms with Crippen molar-refractivity contribution in [3.05, 3.63) is 59.4 Å². The molecule has 1 heterocycles. The topological polar surface area (TPSA) is 50.8 Å². The molecule has 0 saturated carbocycles. The highest BCUT2D eigenvalue weighted by atomic mass is 19.1. The van der Waals surface area contributed by atoms with Crippen LogP contribution >= 0.6 is 0 Å². The molecule has 0 aliphatic carbocycles. The zero-order chi connectivity index (χ0) is 21.0. The Morgan fingerprint density at radius 1 is 1.14 bits per heavy atom. The lowest BCUT2D eigenvalue weighted by Gasteiger charge is -2.31. The predicted molar refractivity (Wildman–Crippen MR) is 111 cm³/mol. The van der Waals surface area contributed by atoms with Crippen molar-refractivity contribution in [1.82, 2.24) is 10.2 Å². The van der Waals surface area contributed by atoms with Gasteiger partial charge >= 0.3 is 0 Å². The minimum atomic E-state index is -0.304. The first-order valence-electron chi connectivity index (χ1n) is 9.98. The van der Waals surface area contributed by atoms with Gasteiger partial charge in [-0.25, -0.2) is 4.39 Å². The van der Waals surface area contributed by atoms with Gasteiger partial charge in [0, 0.05) is 11.6 Å². The maximum Gasteiger partial charge on any atom is 0.237 e. The van der Waals surface area contributed by atoms with Crippen molar-refractivity contribution in [2.75, 3.05) is 20.8 Å². The zero-order valence-electron chi connectivity index (χ0n) is 17.4. The van der Waals surface area contributed by atoms with Crippen LogP contribution in [0.3, 0.4) is 0 Å². The van der Waals surface area contributed by atoms with Gasteiger partial charge in [-0.15, -0.1) is 0 Å². The fraction of sp³-hybridized carbons (Fsp3) is 0.435. The van der Waals surface area contributed by atoms with E-state index >= 15 is 0 Å². The summed E-state index contributed by atoms with van der Waals surface area (Å²) in [5.41, 5.74) is 1.91. The minimum Gasteiger partial charge on any atom is -0.497 e. The van der Waals surface area contributed by atoms with Crippen LogP contribution in [0.1, 0.15) is 49.9 Å². The smallest absolute Gasteiger partial charge is 0.237 e. The van der Waals surface area contributed by atoms with Crippen LogP contribution in [0.25, 0.3) is 0 Å². The lowest BCUT2D eigenvalue weighted by molar-refractivity contribution is -0.127. The number of ether oxygens (including phenoxy) is 2. The molecule has 2 aromatic rings. The lowest BCUT2D eigenvalue weighted by Crippen LogP contribution is -2.45. The number of rotatable bonds is 7. The van der Waals surface area contributed by atoms with E-state index in [0.29, 0.717) is 0 Å². The average Bonchev–Trinajstić information content (AvgIpc) is 3.22. The number of hydrogen-bond acceptors (Lipinski definition) is 4. The maximum atomic E-state index is 13.2. The summed E-state index contributed by atoms with van der Waals surface area (Å²) >= 11 is 0. The van der Waals surface area contributed by atoms with Crippen molar-refractivity contribution in [3.63, 3.8) is 0 Å². The van der Waals surface area contributed by atoms with Gasteiger partial charge in [0.05, 0.1) is 26.3 Å². The quantitative estimate of drug-likeness (QED) is 0.755. The SMILES string of the molecule is COc1ccc(OC)c([C@@H]2CCCN2[C@H](C)C(=O)N[C@H](C)c2ccc(F)cc2)c1. The number of halogens is 1. The zero-order valence-corrected chi connectivity index (χ0v) is 17.4. The third-order valence-corrected chi connectivity index (χ3v) is 5.70. The molecule has 0 spiro atoms. The number of likely N-dealkylation sites (tertiary alicyclic amines) is 1. The Bertz CT molecular complexity index is 841. The number of benzene rings is 2. The molecule has 0 aromatic heterocycles. The Morgan fingerprint density at radius 2 is 1.86 bits per heavy atom.